The van der Waals surface area contributed by atoms with Crippen molar-refractivity contribution in [3.8, 4) is 0 Å². The van der Waals surface area contributed by atoms with Crippen molar-refractivity contribution in [2.75, 3.05) is 4.90 Å². The molecule has 0 saturated carbocycles. The van der Waals surface area contributed by atoms with E-state index in [1.807, 2.05) is 91.0 Å². The number of nitrogens with zero attached hydrogens (tertiary/aromatic N) is 2. The summed E-state index contributed by atoms with van der Waals surface area (Å²) in [5.74, 6) is 0.509. The molecule has 4 rings (SSSR count). The molecular weight excluding hydrogens is 388 g/mol. The van der Waals surface area contributed by atoms with Gasteiger partial charge >= 0.3 is 0 Å². The van der Waals surface area contributed by atoms with E-state index in [2.05, 4.69) is 20.9 Å². The molecule has 3 aromatic carbocycles. The lowest BCUT2D eigenvalue weighted by Crippen LogP contribution is -2.32. The molecule has 1 aliphatic heterocycles. The van der Waals surface area contributed by atoms with Crippen molar-refractivity contribution < 1.29 is 4.79 Å². The van der Waals surface area contributed by atoms with Crippen molar-refractivity contribution in [3.05, 3.63) is 106 Å². The quantitative estimate of drug-likeness (QED) is 0.548. The van der Waals surface area contributed by atoms with Crippen LogP contribution >= 0.6 is 15.9 Å². The standard InChI is InChI=1S/C22H15BrN2O/c23-18-11-13-19(14-12-18)25-21(17-9-5-2-6-10-17)24-20(22(25)26)15-16-7-3-1-4-8-16/h1-15H/b20-15+. The fraction of sp³-hybridized carbons (Fsp3) is 0. The molecule has 0 spiro atoms. The van der Waals surface area contributed by atoms with Gasteiger partial charge in [0.15, 0.2) is 0 Å². The molecule has 0 aliphatic carbocycles. The van der Waals surface area contributed by atoms with E-state index in [9.17, 15) is 4.79 Å². The molecule has 126 valence electrons. The van der Waals surface area contributed by atoms with Gasteiger partial charge in [0.1, 0.15) is 11.5 Å². The first-order valence-corrected chi connectivity index (χ1v) is 9.02. The predicted molar refractivity (Wildman–Crippen MR) is 109 cm³/mol. The Kier molecular flexibility index (Phi) is 4.50. The molecule has 4 heteroatoms. The number of hydrogen-bond donors (Lipinski definition) is 0. The van der Waals surface area contributed by atoms with E-state index >= 15 is 0 Å². The van der Waals surface area contributed by atoms with Gasteiger partial charge in [0, 0.05) is 10.0 Å². The molecule has 0 saturated heterocycles. The maximum atomic E-state index is 13.1. The Bertz CT molecular complexity index is 993. The van der Waals surface area contributed by atoms with Crippen LogP contribution in [0.4, 0.5) is 5.69 Å². The van der Waals surface area contributed by atoms with Crippen LogP contribution in [0.25, 0.3) is 6.08 Å². The summed E-state index contributed by atoms with van der Waals surface area (Å²) in [5.41, 5.74) is 3.07. The second-order valence-electron chi connectivity index (χ2n) is 5.86. The lowest BCUT2D eigenvalue weighted by atomic mass is 10.1. The van der Waals surface area contributed by atoms with E-state index in [0.29, 0.717) is 11.5 Å². The number of hydrogen-bond acceptors (Lipinski definition) is 2. The Morgan fingerprint density at radius 2 is 1.42 bits per heavy atom. The second kappa shape index (κ2) is 7.10. The third-order valence-electron chi connectivity index (χ3n) is 4.08. The van der Waals surface area contributed by atoms with Crippen LogP contribution < -0.4 is 4.90 Å². The average molecular weight is 403 g/mol. The molecule has 0 N–H and O–H groups in total. The number of rotatable bonds is 3. The summed E-state index contributed by atoms with van der Waals surface area (Å²) in [6, 6.07) is 27.2. The van der Waals surface area contributed by atoms with Gasteiger partial charge < -0.3 is 0 Å². The van der Waals surface area contributed by atoms with Crippen LogP contribution in [0.1, 0.15) is 11.1 Å². The fourth-order valence-corrected chi connectivity index (χ4v) is 3.10. The highest BCUT2D eigenvalue weighted by Crippen LogP contribution is 2.28. The van der Waals surface area contributed by atoms with Crippen LogP contribution in [-0.2, 0) is 4.79 Å². The highest BCUT2D eigenvalue weighted by Gasteiger charge is 2.32. The topological polar surface area (TPSA) is 32.7 Å². The van der Waals surface area contributed by atoms with Gasteiger partial charge in [0.2, 0.25) is 0 Å². The van der Waals surface area contributed by atoms with E-state index in [-0.39, 0.29) is 5.91 Å². The first-order chi connectivity index (χ1) is 12.7. The number of carbonyl (C=O) groups is 1. The van der Waals surface area contributed by atoms with Crippen molar-refractivity contribution in [1.82, 2.24) is 0 Å². The van der Waals surface area contributed by atoms with Crippen LogP contribution in [0.2, 0.25) is 0 Å². The molecule has 0 aromatic heterocycles. The van der Waals surface area contributed by atoms with Crippen molar-refractivity contribution in [3.63, 3.8) is 0 Å². The van der Waals surface area contributed by atoms with Crippen LogP contribution in [0.3, 0.4) is 0 Å². The van der Waals surface area contributed by atoms with Crippen LogP contribution in [0.15, 0.2) is 100 Å². The predicted octanol–water partition coefficient (Wildman–Crippen LogP) is 5.28. The van der Waals surface area contributed by atoms with E-state index in [0.717, 1.165) is 21.3 Å². The van der Waals surface area contributed by atoms with Crippen molar-refractivity contribution in [2.45, 2.75) is 0 Å². The van der Waals surface area contributed by atoms with Crippen molar-refractivity contribution in [1.29, 1.82) is 0 Å². The number of aliphatic imine (C=N–C) groups is 1. The molecule has 1 amide bonds. The zero-order chi connectivity index (χ0) is 17.9. The summed E-state index contributed by atoms with van der Waals surface area (Å²) < 4.78 is 0.964. The van der Waals surface area contributed by atoms with Gasteiger partial charge in [-0.1, -0.05) is 76.6 Å². The zero-order valence-electron chi connectivity index (χ0n) is 13.8. The van der Waals surface area contributed by atoms with Crippen LogP contribution in [-0.4, -0.2) is 11.7 Å². The van der Waals surface area contributed by atoms with Gasteiger partial charge in [-0.2, -0.15) is 0 Å². The van der Waals surface area contributed by atoms with Gasteiger partial charge in [-0.3, -0.25) is 9.69 Å². The molecule has 26 heavy (non-hydrogen) atoms. The maximum absolute atomic E-state index is 13.1. The van der Waals surface area contributed by atoms with E-state index in [1.54, 1.807) is 4.90 Å². The molecule has 0 fully saturated rings. The van der Waals surface area contributed by atoms with E-state index < -0.39 is 0 Å². The van der Waals surface area contributed by atoms with E-state index in [4.69, 9.17) is 0 Å². The normalized spacial score (nSPS) is 15.4. The number of benzene rings is 3. The first-order valence-electron chi connectivity index (χ1n) is 8.23. The minimum Gasteiger partial charge on any atom is -0.266 e. The SMILES string of the molecule is O=C1/C(=C\c2ccccc2)N=C(c2ccccc2)N1c1ccc(Br)cc1. The highest BCUT2D eigenvalue weighted by molar-refractivity contribution is 9.10. The molecule has 1 aliphatic rings. The Balaban J connectivity index is 1.82. The van der Waals surface area contributed by atoms with E-state index in [1.165, 1.54) is 0 Å². The number of anilines is 1. The van der Waals surface area contributed by atoms with Crippen LogP contribution in [0.5, 0.6) is 0 Å². The Morgan fingerprint density at radius 3 is 2.08 bits per heavy atom. The smallest absolute Gasteiger partial charge is 0.266 e. The summed E-state index contributed by atoms with van der Waals surface area (Å²) in [4.78, 5) is 19.4. The second-order valence-corrected chi connectivity index (χ2v) is 6.77. The highest BCUT2D eigenvalue weighted by atomic mass is 79.9. The van der Waals surface area contributed by atoms with Crippen molar-refractivity contribution in [2.24, 2.45) is 4.99 Å². The summed E-state index contributed by atoms with van der Waals surface area (Å²) in [6.07, 6.45) is 1.82. The fourth-order valence-electron chi connectivity index (χ4n) is 2.83. The lowest BCUT2D eigenvalue weighted by molar-refractivity contribution is -0.113. The summed E-state index contributed by atoms with van der Waals surface area (Å²) in [7, 11) is 0. The van der Waals surface area contributed by atoms with Crippen molar-refractivity contribution >= 4 is 39.4 Å². The molecule has 0 radical (unpaired) electrons. The third kappa shape index (κ3) is 3.24. The summed E-state index contributed by atoms with van der Waals surface area (Å²) in [6.45, 7) is 0. The minimum absolute atomic E-state index is 0.130. The summed E-state index contributed by atoms with van der Waals surface area (Å²) in [5, 5.41) is 0. The largest absolute Gasteiger partial charge is 0.282 e. The van der Waals surface area contributed by atoms with Crippen LogP contribution in [0, 0.1) is 0 Å². The molecule has 1 heterocycles. The monoisotopic (exact) mass is 402 g/mol. The number of amides is 1. The Labute approximate surface area is 160 Å². The van der Waals surface area contributed by atoms with Gasteiger partial charge in [-0.05, 0) is 35.9 Å². The number of amidine groups is 1. The molecule has 0 unspecified atom stereocenters. The first kappa shape index (κ1) is 16.5. The molecule has 3 aromatic rings. The molecular formula is C22H15BrN2O. The van der Waals surface area contributed by atoms with Gasteiger partial charge in [-0.25, -0.2) is 4.99 Å². The Hall–Kier alpha value is -2.98. The molecule has 0 bridgehead atoms. The number of halogens is 1. The zero-order valence-corrected chi connectivity index (χ0v) is 15.4. The average Bonchev–Trinajstić information content (AvgIpc) is 3.00. The lowest BCUT2D eigenvalue weighted by Gasteiger charge is -2.18. The summed E-state index contributed by atoms with van der Waals surface area (Å²) >= 11 is 3.44. The van der Waals surface area contributed by atoms with Gasteiger partial charge in [0.25, 0.3) is 5.91 Å². The third-order valence-corrected chi connectivity index (χ3v) is 4.61. The van der Waals surface area contributed by atoms with Gasteiger partial charge in [0.05, 0.1) is 5.69 Å². The number of carbonyl (C=O) groups excluding carboxylic acids is 1. The minimum atomic E-state index is -0.130. The Morgan fingerprint density at radius 1 is 0.808 bits per heavy atom. The molecule has 0 atom stereocenters. The molecule has 3 nitrogen and oxygen atoms in total. The van der Waals surface area contributed by atoms with Gasteiger partial charge in [-0.15, -0.1) is 0 Å². The maximum Gasteiger partial charge on any atom is 0.282 e.